The molecule has 1 amide bonds. The minimum Gasteiger partial charge on any atom is -0.388 e. The molecule has 140 valence electrons. The van der Waals surface area contributed by atoms with Gasteiger partial charge < -0.3 is 15.7 Å². The maximum atomic E-state index is 13.0. The second kappa shape index (κ2) is 9.12. The average Bonchev–Trinajstić information content (AvgIpc) is 3.09. The summed E-state index contributed by atoms with van der Waals surface area (Å²) in [6, 6.07) is 14.4. The van der Waals surface area contributed by atoms with Crippen LogP contribution in [0.5, 0.6) is 0 Å². The first-order valence-electron chi connectivity index (χ1n) is 8.61. The van der Waals surface area contributed by atoms with Crippen molar-refractivity contribution in [2.24, 2.45) is 5.73 Å². The number of hydrogen-bond donors (Lipinski definition) is 2. The van der Waals surface area contributed by atoms with Crippen molar-refractivity contribution in [2.75, 3.05) is 6.54 Å². The maximum absolute atomic E-state index is 13.0. The van der Waals surface area contributed by atoms with E-state index in [1.165, 1.54) is 12.1 Å². The summed E-state index contributed by atoms with van der Waals surface area (Å²) in [5.41, 5.74) is 7.59. The molecule has 0 bridgehead atoms. The molecule has 2 aromatic carbocycles. The molecular formula is C20H24ClFN2O2. The van der Waals surface area contributed by atoms with Crippen LogP contribution in [0.25, 0.3) is 0 Å². The zero-order valence-electron chi connectivity index (χ0n) is 14.4. The summed E-state index contributed by atoms with van der Waals surface area (Å²) < 4.78 is 13.0. The van der Waals surface area contributed by atoms with Crippen LogP contribution in [-0.4, -0.2) is 28.5 Å². The van der Waals surface area contributed by atoms with Crippen LogP contribution in [0, 0.1) is 5.82 Å². The van der Waals surface area contributed by atoms with Crippen molar-refractivity contribution in [1.82, 2.24) is 4.90 Å². The average molecular weight is 379 g/mol. The number of aliphatic hydroxyl groups excluding tert-OH is 1. The van der Waals surface area contributed by atoms with Crippen LogP contribution in [-0.2, 0) is 4.79 Å². The van der Waals surface area contributed by atoms with Gasteiger partial charge in [-0.25, -0.2) is 4.39 Å². The van der Waals surface area contributed by atoms with E-state index in [0.717, 1.165) is 18.4 Å². The molecular weight excluding hydrogens is 355 g/mol. The smallest absolute Gasteiger partial charge is 0.244 e. The molecule has 1 heterocycles. The molecule has 1 saturated heterocycles. The van der Waals surface area contributed by atoms with E-state index in [0.29, 0.717) is 18.5 Å². The minimum absolute atomic E-state index is 0. The highest BCUT2D eigenvalue weighted by Gasteiger charge is 2.33. The number of aliphatic hydroxyl groups is 1. The number of hydrogen-bond acceptors (Lipinski definition) is 3. The monoisotopic (exact) mass is 378 g/mol. The van der Waals surface area contributed by atoms with Gasteiger partial charge in [0.05, 0.1) is 6.10 Å². The summed E-state index contributed by atoms with van der Waals surface area (Å²) >= 11 is 0. The summed E-state index contributed by atoms with van der Waals surface area (Å²) in [5.74, 6) is -0.442. The first kappa shape index (κ1) is 20.4. The lowest BCUT2D eigenvalue weighted by atomic mass is 9.99. The Balaban J connectivity index is 0.00000243. The molecule has 0 aromatic heterocycles. The Hall–Kier alpha value is -1.95. The Bertz CT molecular complexity index is 712. The van der Waals surface area contributed by atoms with Gasteiger partial charge in [0, 0.05) is 12.6 Å². The first-order valence-corrected chi connectivity index (χ1v) is 8.61. The SMILES string of the molecule is Cl.NC(C(=O)N1CCCC1CC(O)c1ccc(F)cc1)c1ccccc1. The van der Waals surface area contributed by atoms with E-state index in [9.17, 15) is 14.3 Å². The number of nitrogens with zero attached hydrogens (tertiary/aromatic N) is 1. The van der Waals surface area contributed by atoms with Crippen molar-refractivity contribution in [3.63, 3.8) is 0 Å². The number of carbonyl (C=O) groups excluding carboxylic acids is 1. The van der Waals surface area contributed by atoms with Crippen LogP contribution in [0.4, 0.5) is 4.39 Å². The van der Waals surface area contributed by atoms with Gasteiger partial charge in [-0.2, -0.15) is 0 Å². The standard InChI is InChI=1S/C20H23FN2O2.ClH/c21-16-10-8-14(9-11-16)18(24)13-17-7-4-12-23(17)20(25)19(22)15-5-2-1-3-6-15;/h1-3,5-6,8-11,17-19,24H,4,7,12-13,22H2;1H. The molecule has 6 heteroatoms. The largest absolute Gasteiger partial charge is 0.388 e. The van der Waals surface area contributed by atoms with Crippen LogP contribution < -0.4 is 5.73 Å². The molecule has 1 aliphatic rings. The van der Waals surface area contributed by atoms with Gasteiger partial charge in [-0.3, -0.25) is 4.79 Å². The van der Waals surface area contributed by atoms with Gasteiger partial charge >= 0.3 is 0 Å². The molecule has 0 radical (unpaired) electrons. The summed E-state index contributed by atoms with van der Waals surface area (Å²) in [6.07, 6.45) is 1.44. The highest BCUT2D eigenvalue weighted by atomic mass is 35.5. The van der Waals surface area contributed by atoms with Crippen molar-refractivity contribution >= 4 is 18.3 Å². The van der Waals surface area contributed by atoms with Crippen molar-refractivity contribution in [3.8, 4) is 0 Å². The number of benzene rings is 2. The summed E-state index contributed by atoms with van der Waals surface area (Å²) in [6.45, 7) is 0.653. The van der Waals surface area contributed by atoms with Crippen LogP contribution in [0.3, 0.4) is 0 Å². The summed E-state index contributed by atoms with van der Waals surface area (Å²) in [4.78, 5) is 14.6. The van der Waals surface area contributed by atoms with Crippen LogP contribution in [0.15, 0.2) is 54.6 Å². The van der Waals surface area contributed by atoms with E-state index in [1.807, 2.05) is 30.3 Å². The fourth-order valence-electron chi connectivity index (χ4n) is 3.43. The molecule has 3 atom stereocenters. The summed E-state index contributed by atoms with van der Waals surface area (Å²) in [5, 5.41) is 10.4. The predicted octanol–water partition coefficient (Wildman–Crippen LogP) is 3.36. The third kappa shape index (κ3) is 4.61. The number of amides is 1. The van der Waals surface area contributed by atoms with E-state index >= 15 is 0 Å². The normalized spacial score (nSPS) is 18.9. The molecule has 0 spiro atoms. The number of carbonyl (C=O) groups is 1. The molecule has 0 saturated carbocycles. The van der Waals surface area contributed by atoms with Crippen molar-refractivity contribution in [1.29, 1.82) is 0 Å². The molecule has 0 aliphatic carbocycles. The third-order valence-electron chi connectivity index (χ3n) is 4.84. The Morgan fingerprint density at radius 2 is 1.81 bits per heavy atom. The quantitative estimate of drug-likeness (QED) is 0.838. The highest BCUT2D eigenvalue weighted by molar-refractivity contribution is 5.85. The van der Waals surface area contributed by atoms with Gasteiger partial charge in [-0.15, -0.1) is 12.4 Å². The van der Waals surface area contributed by atoms with E-state index < -0.39 is 12.1 Å². The second-order valence-electron chi connectivity index (χ2n) is 6.52. The summed E-state index contributed by atoms with van der Waals surface area (Å²) in [7, 11) is 0. The van der Waals surface area contributed by atoms with Crippen molar-refractivity contribution < 1.29 is 14.3 Å². The molecule has 2 aromatic rings. The van der Waals surface area contributed by atoms with Crippen LogP contribution >= 0.6 is 12.4 Å². The van der Waals surface area contributed by atoms with Gasteiger partial charge in [0.1, 0.15) is 11.9 Å². The highest BCUT2D eigenvalue weighted by Crippen LogP contribution is 2.29. The number of likely N-dealkylation sites (tertiary alicyclic amines) is 1. The lowest BCUT2D eigenvalue weighted by Crippen LogP contribution is -2.42. The van der Waals surface area contributed by atoms with Gasteiger partial charge in [0.15, 0.2) is 0 Å². The van der Waals surface area contributed by atoms with Gasteiger partial charge in [-0.05, 0) is 42.5 Å². The predicted molar refractivity (Wildman–Crippen MR) is 101 cm³/mol. The lowest BCUT2D eigenvalue weighted by Gasteiger charge is -2.29. The number of nitrogens with two attached hydrogens (primary N) is 1. The topological polar surface area (TPSA) is 66.6 Å². The molecule has 4 nitrogen and oxygen atoms in total. The lowest BCUT2D eigenvalue weighted by molar-refractivity contribution is -0.134. The van der Waals surface area contributed by atoms with E-state index in [-0.39, 0.29) is 30.2 Å². The first-order chi connectivity index (χ1) is 12.1. The fraction of sp³-hybridized carbons (Fsp3) is 0.350. The third-order valence-corrected chi connectivity index (χ3v) is 4.84. The van der Waals surface area contributed by atoms with Crippen LogP contribution in [0.1, 0.15) is 42.5 Å². The molecule has 3 rings (SSSR count). The molecule has 1 fully saturated rings. The zero-order chi connectivity index (χ0) is 17.8. The number of rotatable bonds is 5. The maximum Gasteiger partial charge on any atom is 0.244 e. The number of halogens is 2. The van der Waals surface area contributed by atoms with E-state index in [1.54, 1.807) is 17.0 Å². The Labute approximate surface area is 159 Å². The molecule has 1 aliphatic heterocycles. The van der Waals surface area contributed by atoms with Gasteiger partial charge in [0.2, 0.25) is 5.91 Å². The Morgan fingerprint density at radius 1 is 1.15 bits per heavy atom. The van der Waals surface area contributed by atoms with Gasteiger partial charge in [0.25, 0.3) is 0 Å². The zero-order valence-corrected chi connectivity index (χ0v) is 15.2. The molecule has 3 unspecified atom stereocenters. The van der Waals surface area contributed by atoms with E-state index in [4.69, 9.17) is 5.73 Å². The second-order valence-corrected chi connectivity index (χ2v) is 6.52. The minimum atomic E-state index is -0.730. The Kier molecular flexibility index (Phi) is 7.14. The van der Waals surface area contributed by atoms with Crippen molar-refractivity contribution in [2.45, 2.75) is 37.5 Å². The molecule has 3 N–H and O–H groups in total. The van der Waals surface area contributed by atoms with Crippen molar-refractivity contribution in [3.05, 3.63) is 71.5 Å². The van der Waals surface area contributed by atoms with Crippen LogP contribution in [0.2, 0.25) is 0 Å². The van der Waals surface area contributed by atoms with Gasteiger partial charge in [-0.1, -0.05) is 42.5 Å². The molecule has 26 heavy (non-hydrogen) atoms. The van der Waals surface area contributed by atoms with E-state index in [2.05, 4.69) is 0 Å². The fourth-order valence-corrected chi connectivity index (χ4v) is 3.43. The Morgan fingerprint density at radius 3 is 2.46 bits per heavy atom.